The second-order valence-electron chi connectivity index (χ2n) is 5.45. The van der Waals surface area contributed by atoms with Gasteiger partial charge in [-0.2, -0.15) is 0 Å². The van der Waals surface area contributed by atoms with Gasteiger partial charge in [-0.3, -0.25) is 0 Å². The number of fused-ring (bicyclic) bond motifs is 1. The average Bonchev–Trinajstić information content (AvgIpc) is 2.56. The average molecular weight is 266 g/mol. The van der Waals surface area contributed by atoms with E-state index in [1.54, 1.807) is 0 Å². The van der Waals surface area contributed by atoms with Gasteiger partial charge in [-0.1, -0.05) is 24.6 Å². The first-order chi connectivity index (χ1) is 8.42. The summed E-state index contributed by atoms with van der Waals surface area (Å²) in [7, 11) is 0. The minimum Gasteiger partial charge on any atom is -0.327 e. The fourth-order valence-corrected chi connectivity index (χ4v) is 2.47. The normalized spacial score (nSPS) is 12.3. The Morgan fingerprint density at radius 3 is 2.72 bits per heavy atom. The SMILES string of the molecule is CCCn1c(CC(C)(C)N)nc2cccc(Cl)c21. The van der Waals surface area contributed by atoms with Crippen LogP contribution < -0.4 is 5.73 Å². The topological polar surface area (TPSA) is 43.8 Å². The van der Waals surface area contributed by atoms with Crippen LogP contribution >= 0.6 is 11.6 Å². The van der Waals surface area contributed by atoms with E-state index in [4.69, 9.17) is 17.3 Å². The van der Waals surface area contributed by atoms with E-state index in [0.717, 1.165) is 41.3 Å². The summed E-state index contributed by atoms with van der Waals surface area (Å²) in [6.45, 7) is 7.11. The molecule has 98 valence electrons. The maximum Gasteiger partial charge on any atom is 0.111 e. The summed E-state index contributed by atoms with van der Waals surface area (Å²) >= 11 is 6.29. The van der Waals surface area contributed by atoms with Gasteiger partial charge in [0.25, 0.3) is 0 Å². The van der Waals surface area contributed by atoms with E-state index < -0.39 is 0 Å². The van der Waals surface area contributed by atoms with Crippen LogP contribution in [0.5, 0.6) is 0 Å². The molecular weight excluding hydrogens is 246 g/mol. The molecule has 3 nitrogen and oxygen atoms in total. The number of hydrogen-bond donors (Lipinski definition) is 1. The molecule has 0 aliphatic carbocycles. The molecule has 0 aliphatic rings. The van der Waals surface area contributed by atoms with Crippen molar-refractivity contribution in [2.24, 2.45) is 5.73 Å². The number of hydrogen-bond acceptors (Lipinski definition) is 2. The largest absolute Gasteiger partial charge is 0.327 e. The monoisotopic (exact) mass is 265 g/mol. The van der Waals surface area contributed by atoms with Gasteiger partial charge in [-0.05, 0) is 32.4 Å². The summed E-state index contributed by atoms with van der Waals surface area (Å²) in [6.07, 6.45) is 1.80. The summed E-state index contributed by atoms with van der Waals surface area (Å²) in [5.74, 6) is 1.02. The lowest BCUT2D eigenvalue weighted by Crippen LogP contribution is -2.35. The second-order valence-corrected chi connectivity index (χ2v) is 5.86. The zero-order valence-corrected chi connectivity index (χ0v) is 12.0. The molecule has 2 rings (SSSR count). The molecule has 2 N–H and O–H groups in total. The van der Waals surface area contributed by atoms with Crippen LogP contribution in [0.3, 0.4) is 0 Å². The van der Waals surface area contributed by atoms with E-state index in [1.807, 2.05) is 32.0 Å². The second kappa shape index (κ2) is 4.90. The molecule has 0 atom stereocenters. The number of benzene rings is 1. The molecule has 0 bridgehead atoms. The summed E-state index contributed by atoms with van der Waals surface area (Å²) in [6, 6.07) is 5.85. The van der Waals surface area contributed by atoms with Crippen molar-refractivity contribution in [2.45, 2.75) is 45.7 Å². The van der Waals surface area contributed by atoms with Crippen molar-refractivity contribution in [1.29, 1.82) is 0 Å². The lowest BCUT2D eigenvalue weighted by molar-refractivity contribution is 0.486. The minimum absolute atomic E-state index is 0.265. The fourth-order valence-electron chi connectivity index (χ4n) is 2.20. The molecule has 0 radical (unpaired) electrons. The Bertz CT molecular complexity index is 552. The molecule has 0 amide bonds. The number of nitrogens with zero attached hydrogens (tertiary/aromatic N) is 2. The molecule has 1 aromatic carbocycles. The molecular formula is C14H20ClN3. The Morgan fingerprint density at radius 1 is 1.39 bits per heavy atom. The van der Waals surface area contributed by atoms with E-state index in [-0.39, 0.29) is 5.54 Å². The molecule has 0 aliphatic heterocycles. The molecule has 0 fully saturated rings. The van der Waals surface area contributed by atoms with Gasteiger partial charge < -0.3 is 10.3 Å². The van der Waals surface area contributed by atoms with Crippen molar-refractivity contribution in [3.05, 3.63) is 29.0 Å². The van der Waals surface area contributed by atoms with E-state index >= 15 is 0 Å². The minimum atomic E-state index is -0.265. The van der Waals surface area contributed by atoms with Gasteiger partial charge in [0, 0.05) is 18.5 Å². The van der Waals surface area contributed by atoms with Crippen LogP contribution in [0.2, 0.25) is 5.02 Å². The molecule has 4 heteroatoms. The van der Waals surface area contributed by atoms with E-state index in [0.29, 0.717) is 0 Å². The van der Waals surface area contributed by atoms with E-state index in [9.17, 15) is 0 Å². The van der Waals surface area contributed by atoms with Gasteiger partial charge in [0.1, 0.15) is 5.82 Å². The molecule has 1 heterocycles. The van der Waals surface area contributed by atoms with Crippen molar-refractivity contribution in [3.8, 4) is 0 Å². The van der Waals surface area contributed by atoms with Gasteiger partial charge in [0.05, 0.1) is 16.1 Å². The van der Waals surface area contributed by atoms with Crippen molar-refractivity contribution < 1.29 is 0 Å². The van der Waals surface area contributed by atoms with E-state index in [1.165, 1.54) is 0 Å². The number of nitrogens with two attached hydrogens (primary N) is 1. The molecule has 0 saturated heterocycles. The van der Waals surface area contributed by atoms with Crippen LogP contribution in [-0.4, -0.2) is 15.1 Å². The van der Waals surface area contributed by atoms with Crippen LogP contribution in [-0.2, 0) is 13.0 Å². The highest BCUT2D eigenvalue weighted by Gasteiger charge is 2.19. The lowest BCUT2D eigenvalue weighted by Gasteiger charge is -2.18. The number of halogens is 1. The Labute approximate surface area is 113 Å². The Balaban J connectivity index is 2.58. The zero-order chi connectivity index (χ0) is 13.3. The summed E-state index contributed by atoms with van der Waals surface area (Å²) in [5, 5.41) is 0.759. The van der Waals surface area contributed by atoms with Crippen LogP contribution in [0.1, 0.15) is 33.0 Å². The number of aromatic nitrogens is 2. The summed E-state index contributed by atoms with van der Waals surface area (Å²) in [4.78, 5) is 4.68. The fraction of sp³-hybridized carbons (Fsp3) is 0.500. The maximum absolute atomic E-state index is 6.29. The number of imidazole rings is 1. The standard InChI is InChI=1S/C14H20ClN3/c1-4-8-18-12(9-14(2,3)16)17-11-7-5-6-10(15)13(11)18/h5-7H,4,8-9,16H2,1-3H3. The van der Waals surface area contributed by atoms with Crippen LogP contribution in [0, 0.1) is 0 Å². The van der Waals surface area contributed by atoms with Crippen molar-refractivity contribution in [2.75, 3.05) is 0 Å². The van der Waals surface area contributed by atoms with Gasteiger partial charge in [0.15, 0.2) is 0 Å². The lowest BCUT2D eigenvalue weighted by atomic mass is 10.0. The van der Waals surface area contributed by atoms with Crippen LogP contribution in [0.4, 0.5) is 0 Å². The van der Waals surface area contributed by atoms with Gasteiger partial charge in [-0.15, -0.1) is 0 Å². The highest BCUT2D eigenvalue weighted by atomic mass is 35.5. The zero-order valence-electron chi connectivity index (χ0n) is 11.2. The number of para-hydroxylation sites is 1. The Kier molecular flexibility index (Phi) is 3.64. The van der Waals surface area contributed by atoms with Gasteiger partial charge in [-0.25, -0.2) is 4.98 Å². The highest BCUT2D eigenvalue weighted by molar-refractivity contribution is 6.35. The third-order valence-electron chi connectivity index (χ3n) is 2.86. The third kappa shape index (κ3) is 2.68. The maximum atomic E-state index is 6.29. The van der Waals surface area contributed by atoms with Gasteiger partial charge in [0.2, 0.25) is 0 Å². The summed E-state index contributed by atoms with van der Waals surface area (Å²) < 4.78 is 2.20. The van der Waals surface area contributed by atoms with Crippen molar-refractivity contribution in [1.82, 2.24) is 9.55 Å². The predicted molar refractivity (Wildman–Crippen MR) is 77.0 cm³/mol. The smallest absolute Gasteiger partial charge is 0.111 e. The Hall–Kier alpha value is -1.06. The van der Waals surface area contributed by atoms with E-state index in [2.05, 4.69) is 16.5 Å². The van der Waals surface area contributed by atoms with Crippen molar-refractivity contribution >= 4 is 22.6 Å². The quantitative estimate of drug-likeness (QED) is 0.921. The first-order valence-electron chi connectivity index (χ1n) is 6.35. The predicted octanol–water partition coefficient (Wildman–Crippen LogP) is 3.38. The number of aryl methyl sites for hydroxylation is 1. The summed E-state index contributed by atoms with van der Waals surface area (Å²) in [5.41, 5.74) is 7.82. The molecule has 18 heavy (non-hydrogen) atoms. The Morgan fingerprint density at radius 2 is 2.11 bits per heavy atom. The molecule has 0 spiro atoms. The third-order valence-corrected chi connectivity index (χ3v) is 3.16. The molecule has 2 aromatic rings. The highest BCUT2D eigenvalue weighted by Crippen LogP contribution is 2.26. The molecule has 1 aromatic heterocycles. The van der Waals surface area contributed by atoms with Crippen LogP contribution in [0.15, 0.2) is 18.2 Å². The first kappa shape index (κ1) is 13.4. The molecule has 0 unspecified atom stereocenters. The van der Waals surface area contributed by atoms with Crippen LogP contribution in [0.25, 0.3) is 11.0 Å². The number of rotatable bonds is 4. The van der Waals surface area contributed by atoms with Gasteiger partial charge >= 0.3 is 0 Å². The first-order valence-corrected chi connectivity index (χ1v) is 6.72. The molecule has 0 saturated carbocycles. The van der Waals surface area contributed by atoms with Crippen molar-refractivity contribution in [3.63, 3.8) is 0 Å².